The van der Waals surface area contributed by atoms with E-state index in [9.17, 15) is 0 Å². The Morgan fingerprint density at radius 2 is 1.14 bits per heavy atom. The third-order valence-corrected chi connectivity index (χ3v) is 2.49. The van der Waals surface area contributed by atoms with Gasteiger partial charge in [0.05, 0.1) is 12.2 Å². The van der Waals surface area contributed by atoms with E-state index in [1.54, 1.807) is 0 Å². The Kier molecular flexibility index (Phi) is 9.42. The Morgan fingerprint density at radius 3 is 1.43 bits per heavy atom. The summed E-state index contributed by atoms with van der Waals surface area (Å²) in [5.74, 6) is 0. The van der Waals surface area contributed by atoms with Gasteiger partial charge >= 0.3 is 0 Å². The average Bonchev–Trinajstić information content (AvgIpc) is 2.22. The molecule has 0 saturated heterocycles. The first-order valence-corrected chi connectivity index (χ1v) is 5.93. The second-order valence-electron chi connectivity index (χ2n) is 3.89. The van der Waals surface area contributed by atoms with Gasteiger partial charge in [-0.05, 0) is 39.5 Å². The van der Waals surface area contributed by atoms with E-state index in [4.69, 9.17) is 9.47 Å². The van der Waals surface area contributed by atoms with Crippen molar-refractivity contribution >= 4 is 0 Å². The van der Waals surface area contributed by atoms with E-state index < -0.39 is 0 Å². The van der Waals surface area contributed by atoms with Crippen molar-refractivity contribution in [3.63, 3.8) is 0 Å². The van der Waals surface area contributed by atoms with Crippen LogP contribution in [-0.4, -0.2) is 25.4 Å². The molecule has 14 heavy (non-hydrogen) atoms. The maximum absolute atomic E-state index is 5.57. The normalized spacial score (nSPS) is 15.4. The highest BCUT2D eigenvalue weighted by molar-refractivity contribution is 4.47. The molecule has 2 heteroatoms. The van der Waals surface area contributed by atoms with Crippen LogP contribution in [0.4, 0.5) is 0 Å². The van der Waals surface area contributed by atoms with Gasteiger partial charge in [-0.3, -0.25) is 0 Å². The fourth-order valence-corrected chi connectivity index (χ4v) is 1.01. The molecule has 0 aromatic carbocycles. The molecule has 0 aliphatic heterocycles. The Labute approximate surface area is 89.0 Å². The largest absolute Gasteiger partial charge is 0.379 e. The molecular formula is C12H26O2. The van der Waals surface area contributed by atoms with Gasteiger partial charge in [-0.2, -0.15) is 0 Å². The zero-order valence-electron chi connectivity index (χ0n) is 10.2. The van der Waals surface area contributed by atoms with E-state index >= 15 is 0 Å². The first kappa shape index (κ1) is 13.9. The summed E-state index contributed by atoms with van der Waals surface area (Å²) in [6.45, 7) is 10.3. The lowest BCUT2D eigenvalue weighted by Crippen LogP contribution is -2.10. The number of rotatable bonds is 9. The number of hydrogen-bond acceptors (Lipinski definition) is 2. The molecule has 0 N–H and O–H groups in total. The summed E-state index contributed by atoms with van der Waals surface area (Å²) in [7, 11) is 0. The lowest BCUT2D eigenvalue weighted by atomic mass is 10.3. The molecule has 0 spiro atoms. The maximum Gasteiger partial charge on any atom is 0.0544 e. The molecule has 0 aliphatic carbocycles. The number of ether oxygens (including phenoxy) is 2. The van der Waals surface area contributed by atoms with E-state index in [1.807, 2.05) is 0 Å². The van der Waals surface area contributed by atoms with E-state index in [1.165, 1.54) is 0 Å². The molecule has 86 valence electrons. The molecule has 2 atom stereocenters. The summed E-state index contributed by atoms with van der Waals surface area (Å²) in [4.78, 5) is 0. The van der Waals surface area contributed by atoms with Gasteiger partial charge in [0.15, 0.2) is 0 Å². The van der Waals surface area contributed by atoms with Gasteiger partial charge in [-0.1, -0.05) is 13.8 Å². The van der Waals surface area contributed by atoms with Crippen LogP contribution in [0.5, 0.6) is 0 Å². The first-order valence-electron chi connectivity index (χ1n) is 5.93. The lowest BCUT2D eigenvalue weighted by Gasteiger charge is -2.12. The maximum atomic E-state index is 5.57. The SMILES string of the molecule is CCC(C)OCCCCO[C@@H](C)CC. The summed E-state index contributed by atoms with van der Waals surface area (Å²) in [6.07, 6.45) is 5.24. The second kappa shape index (κ2) is 9.47. The molecule has 1 unspecified atom stereocenters. The summed E-state index contributed by atoms with van der Waals surface area (Å²) in [6, 6.07) is 0. The lowest BCUT2D eigenvalue weighted by molar-refractivity contribution is 0.0387. The third-order valence-electron chi connectivity index (χ3n) is 2.49. The van der Waals surface area contributed by atoms with Gasteiger partial charge in [0, 0.05) is 13.2 Å². The minimum absolute atomic E-state index is 0.408. The van der Waals surface area contributed by atoms with Crippen LogP contribution in [0.15, 0.2) is 0 Å². The monoisotopic (exact) mass is 202 g/mol. The predicted molar refractivity (Wildman–Crippen MR) is 60.6 cm³/mol. The fourth-order valence-electron chi connectivity index (χ4n) is 1.01. The van der Waals surface area contributed by atoms with Crippen LogP contribution in [0.3, 0.4) is 0 Å². The molecule has 0 fully saturated rings. The van der Waals surface area contributed by atoms with Crippen LogP contribution in [0.25, 0.3) is 0 Å². The molecule has 0 rings (SSSR count). The van der Waals surface area contributed by atoms with E-state index in [2.05, 4.69) is 27.7 Å². The van der Waals surface area contributed by atoms with Crippen molar-refractivity contribution in [3.05, 3.63) is 0 Å². The van der Waals surface area contributed by atoms with E-state index in [-0.39, 0.29) is 0 Å². The molecular weight excluding hydrogens is 176 g/mol. The molecule has 0 aliphatic rings. The standard InChI is InChI=1S/C12H26O2/c1-5-11(3)13-9-7-8-10-14-12(4)6-2/h11-12H,5-10H2,1-4H3/t11-,12?/m0/s1. The van der Waals surface area contributed by atoms with Gasteiger partial charge in [0.1, 0.15) is 0 Å². The fraction of sp³-hybridized carbons (Fsp3) is 1.00. The smallest absolute Gasteiger partial charge is 0.0544 e. The van der Waals surface area contributed by atoms with Crippen molar-refractivity contribution < 1.29 is 9.47 Å². The van der Waals surface area contributed by atoms with Crippen molar-refractivity contribution in [2.45, 2.75) is 65.6 Å². The molecule has 0 aromatic heterocycles. The minimum Gasteiger partial charge on any atom is -0.379 e. The summed E-state index contributed by atoms with van der Waals surface area (Å²) in [5.41, 5.74) is 0. The molecule has 0 amide bonds. The highest BCUT2D eigenvalue weighted by Crippen LogP contribution is 2.01. The van der Waals surface area contributed by atoms with Gasteiger partial charge in [0.2, 0.25) is 0 Å². The van der Waals surface area contributed by atoms with Gasteiger partial charge in [0.25, 0.3) is 0 Å². The molecule has 2 nitrogen and oxygen atoms in total. The summed E-state index contributed by atoms with van der Waals surface area (Å²) in [5, 5.41) is 0. The Balaban J connectivity index is 3.06. The predicted octanol–water partition coefficient (Wildman–Crippen LogP) is 3.40. The van der Waals surface area contributed by atoms with Crippen LogP contribution in [0.1, 0.15) is 53.4 Å². The molecule has 0 saturated carbocycles. The van der Waals surface area contributed by atoms with Crippen LogP contribution >= 0.6 is 0 Å². The van der Waals surface area contributed by atoms with Gasteiger partial charge in [-0.25, -0.2) is 0 Å². The quantitative estimate of drug-likeness (QED) is 0.533. The van der Waals surface area contributed by atoms with Crippen molar-refractivity contribution in [1.82, 2.24) is 0 Å². The Morgan fingerprint density at radius 1 is 0.786 bits per heavy atom. The highest BCUT2D eigenvalue weighted by atomic mass is 16.5. The minimum atomic E-state index is 0.408. The van der Waals surface area contributed by atoms with Crippen molar-refractivity contribution in [1.29, 1.82) is 0 Å². The van der Waals surface area contributed by atoms with Crippen LogP contribution < -0.4 is 0 Å². The van der Waals surface area contributed by atoms with Crippen LogP contribution in [0, 0.1) is 0 Å². The molecule has 0 bridgehead atoms. The third kappa shape index (κ3) is 8.52. The Hall–Kier alpha value is -0.0800. The Bertz CT molecular complexity index is 101. The van der Waals surface area contributed by atoms with E-state index in [0.29, 0.717) is 12.2 Å². The summed E-state index contributed by atoms with van der Waals surface area (Å²) < 4.78 is 11.1. The second-order valence-corrected chi connectivity index (χ2v) is 3.89. The zero-order chi connectivity index (χ0) is 10.8. The average molecular weight is 202 g/mol. The molecule has 0 heterocycles. The summed E-state index contributed by atoms with van der Waals surface area (Å²) >= 11 is 0. The molecule has 0 radical (unpaired) electrons. The van der Waals surface area contributed by atoms with E-state index in [0.717, 1.165) is 38.9 Å². The zero-order valence-corrected chi connectivity index (χ0v) is 10.2. The highest BCUT2D eigenvalue weighted by Gasteiger charge is 1.99. The number of hydrogen-bond donors (Lipinski definition) is 0. The van der Waals surface area contributed by atoms with Gasteiger partial charge in [-0.15, -0.1) is 0 Å². The topological polar surface area (TPSA) is 18.5 Å². The number of unbranched alkanes of at least 4 members (excludes halogenated alkanes) is 1. The van der Waals surface area contributed by atoms with Crippen LogP contribution in [-0.2, 0) is 9.47 Å². The van der Waals surface area contributed by atoms with Crippen molar-refractivity contribution in [3.8, 4) is 0 Å². The van der Waals surface area contributed by atoms with Crippen molar-refractivity contribution in [2.24, 2.45) is 0 Å². The van der Waals surface area contributed by atoms with Crippen molar-refractivity contribution in [2.75, 3.05) is 13.2 Å². The van der Waals surface area contributed by atoms with Crippen LogP contribution in [0.2, 0.25) is 0 Å². The first-order chi connectivity index (χ1) is 6.70. The molecule has 0 aromatic rings. The van der Waals surface area contributed by atoms with Gasteiger partial charge < -0.3 is 9.47 Å².